The Morgan fingerprint density at radius 1 is 1.19 bits per heavy atom. The standard InChI is InChI=1S/C20H23ClN2O3/c1-14-5-4-6-16(11-14)13-23(15(2)24)10-9-20(25)22-18-12-17(21)7-8-19(18)26-3/h4-8,11-12H,9-10,13H2,1-3H3,(H,22,25). The molecule has 0 aromatic heterocycles. The summed E-state index contributed by atoms with van der Waals surface area (Å²) >= 11 is 5.97. The number of amides is 2. The van der Waals surface area contributed by atoms with Crippen molar-refractivity contribution < 1.29 is 14.3 Å². The molecule has 2 aromatic rings. The van der Waals surface area contributed by atoms with Gasteiger partial charge in [0.1, 0.15) is 5.75 Å². The SMILES string of the molecule is COc1ccc(Cl)cc1NC(=O)CCN(Cc1cccc(C)c1)C(C)=O. The van der Waals surface area contributed by atoms with E-state index in [9.17, 15) is 9.59 Å². The van der Waals surface area contributed by atoms with Gasteiger partial charge in [0.05, 0.1) is 12.8 Å². The summed E-state index contributed by atoms with van der Waals surface area (Å²) in [5.41, 5.74) is 2.69. The lowest BCUT2D eigenvalue weighted by molar-refractivity contribution is -0.129. The lowest BCUT2D eigenvalue weighted by atomic mass is 10.1. The molecule has 138 valence electrons. The molecule has 6 heteroatoms. The van der Waals surface area contributed by atoms with Gasteiger partial charge in [-0.05, 0) is 30.7 Å². The van der Waals surface area contributed by atoms with Crippen LogP contribution in [0.15, 0.2) is 42.5 Å². The first kappa shape index (κ1) is 19.8. The molecule has 0 aliphatic rings. The monoisotopic (exact) mass is 374 g/mol. The molecule has 0 unspecified atom stereocenters. The van der Waals surface area contributed by atoms with Crippen molar-refractivity contribution in [1.29, 1.82) is 0 Å². The summed E-state index contributed by atoms with van der Waals surface area (Å²) in [6, 6.07) is 13.0. The summed E-state index contributed by atoms with van der Waals surface area (Å²) in [6.45, 7) is 4.32. The van der Waals surface area contributed by atoms with Crippen molar-refractivity contribution in [2.75, 3.05) is 19.0 Å². The van der Waals surface area contributed by atoms with Gasteiger partial charge in [0, 0.05) is 31.5 Å². The molecule has 0 saturated carbocycles. The van der Waals surface area contributed by atoms with Crippen LogP contribution in [-0.2, 0) is 16.1 Å². The zero-order chi connectivity index (χ0) is 19.1. The third kappa shape index (κ3) is 5.77. The van der Waals surface area contributed by atoms with Crippen LogP contribution in [0, 0.1) is 6.92 Å². The highest BCUT2D eigenvalue weighted by Gasteiger charge is 2.13. The van der Waals surface area contributed by atoms with E-state index in [1.165, 1.54) is 14.0 Å². The maximum atomic E-state index is 12.3. The van der Waals surface area contributed by atoms with Crippen molar-refractivity contribution >= 4 is 29.1 Å². The van der Waals surface area contributed by atoms with Gasteiger partial charge in [0.2, 0.25) is 11.8 Å². The number of ether oxygens (including phenoxy) is 1. The van der Waals surface area contributed by atoms with Crippen LogP contribution in [0.25, 0.3) is 0 Å². The first-order valence-corrected chi connectivity index (χ1v) is 8.71. The molecular weight excluding hydrogens is 352 g/mol. The summed E-state index contributed by atoms with van der Waals surface area (Å²) in [6.07, 6.45) is 0.182. The highest BCUT2D eigenvalue weighted by molar-refractivity contribution is 6.31. The van der Waals surface area contributed by atoms with Crippen LogP contribution in [-0.4, -0.2) is 30.4 Å². The van der Waals surface area contributed by atoms with E-state index in [0.29, 0.717) is 29.5 Å². The Morgan fingerprint density at radius 3 is 2.62 bits per heavy atom. The largest absolute Gasteiger partial charge is 0.495 e. The number of benzene rings is 2. The maximum absolute atomic E-state index is 12.3. The van der Waals surface area contributed by atoms with Crippen molar-refractivity contribution in [3.8, 4) is 5.75 Å². The van der Waals surface area contributed by atoms with Gasteiger partial charge < -0.3 is 15.0 Å². The normalized spacial score (nSPS) is 10.3. The fourth-order valence-corrected chi connectivity index (χ4v) is 2.78. The van der Waals surface area contributed by atoms with E-state index in [2.05, 4.69) is 5.32 Å². The van der Waals surface area contributed by atoms with E-state index in [0.717, 1.165) is 11.1 Å². The summed E-state index contributed by atoms with van der Waals surface area (Å²) in [5.74, 6) is 0.256. The fourth-order valence-electron chi connectivity index (χ4n) is 2.61. The van der Waals surface area contributed by atoms with Gasteiger partial charge in [0.15, 0.2) is 0 Å². The zero-order valence-corrected chi connectivity index (χ0v) is 16.0. The Bertz CT molecular complexity index is 792. The number of halogens is 1. The molecule has 26 heavy (non-hydrogen) atoms. The molecule has 0 saturated heterocycles. The first-order chi connectivity index (χ1) is 12.4. The number of carbonyl (C=O) groups is 2. The number of methoxy groups -OCH3 is 1. The molecule has 0 atom stereocenters. The average molecular weight is 375 g/mol. The summed E-state index contributed by atoms with van der Waals surface area (Å²) in [5, 5.41) is 3.29. The molecule has 0 heterocycles. The second-order valence-electron chi connectivity index (χ2n) is 6.07. The number of nitrogens with one attached hydrogen (secondary N) is 1. The molecule has 0 aliphatic heterocycles. The second-order valence-corrected chi connectivity index (χ2v) is 6.51. The van der Waals surface area contributed by atoms with Gasteiger partial charge in [-0.25, -0.2) is 0 Å². The van der Waals surface area contributed by atoms with Crippen LogP contribution in [0.4, 0.5) is 5.69 Å². The molecule has 5 nitrogen and oxygen atoms in total. The smallest absolute Gasteiger partial charge is 0.226 e. The average Bonchev–Trinajstić information content (AvgIpc) is 2.58. The van der Waals surface area contributed by atoms with Crippen LogP contribution in [0.1, 0.15) is 24.5 Å². The Labute approximate surface area is 158 Å². The highest BCUT2D eigenvalue weighted by atomic mass is 35.5. The number of rotatable bonds is 7. The number of hydrogen-bond donors (Lipinski definition) is 1. The highest BCUT2D eigenvalue weighted by Crippen LogP contribution is 2.27. The summed E-state index contributed by atoms with van der Waals surface area (Å²) in [7, 11) is 1.53. The van der Waals surface area contributed by atoms with Crippen molar-refractivity contribution in [3.63, 3.8) is 0 Å². The third-order valence-electron chi connectivity index (χ3n) is 3.95. The van der Waals surface area contributed by atoms with Gasteiger partial charge in [-0.2, -0.15) is 0 Å². The van der Waals surface area contributed by atoms with Crippen molar-refractivity contribution in [2.45, 2.75) is 26.8 Å². The molecule has 2 aromatic carbocycles. The summed E-state index contributed by atoms with van der Waals surface area (Å²) < 4.78 is 5.22. The Balaban J connectivity index is 1.97. The van der Waals surface area contributed by atoms with Crippen molar-refractivity contribution in [3.05, 3.63) is 58.6 Å². The van der Waals surface area contributed by atoms with Gasteiger partial charge in [-0.1, -0.05) is 41.4 Å². The minimum absolute atomic E-state index is 0.0698. The van der Waals surface area contributed by atoms with Gasteiger partial charge in [0.25, 0.3) is 0 Å². The maximum Gasteiger partial charge on any atom is 0.226 e. The minimum Gasteiger partial charge on any atom is -0.495 e. The molecule has 2 amide bonds. The summed E-state index contributed by atoms with van der Waals surface area (Å²) in [4.78, 5) is 25.8. The van der Waals surface area contributed by atoms with Crippen LogP contribution in [0.2, 0.25) is 5.02 Å². The van der Waals surface area contributed by atoms with Gasteiger partial charge in [-0.3, -0.25) is 9.59 Å². The second kappa shape index (κ2) is 9.25. The molecule has 1 N–H and O–H groups in total. The number of aryl methyl sites for hydroxylation is 1. The van der Waals surface area contributed by atoms with Crippen LogP contribution < -0.4 is 10.1 Å². The predicted molar refractivity (Wildman–Crippen MR) is 104 cm³/mol. The number of carbonyl (C=O) groups excluding carboxylic acids is 2. The minimum atomic E-state index is -0.207. The quantitative estimate of drug-likeness (QED) is 0.795. The Kier molecular flexibility index (Phi) is 7.04. The molecule has 0 spiro atoms. The number of nitrogens with zero attached hydrogens (tertiary/aromatic N) is 1. The molecule has 0 radical (unpaired) electrons. The predicted octanol–water partition coefficient (Wildman–Crippen LogP) is 4.03. The van der Waals surface area contributed by atoms with Crippen LogP contribution in [0.3, 0.4) is 0 Å². The molecule has 0 bridgehead atoms. The molecule has 2 rings (SSSR count). The number of hydrogen-bond acceptors (Lipinski definition) is 3. The topological polar surface area (TPSA) is 58.6 Å². The van der Waals surface area contributed by atoms with E-state index in [-0.39, 0.29) is 18.2 Å². The van der Waals surface area contributed by atoms with Crippen LogP contribution >= 0.6 is 11.6 Å². The van der Waals surface area contributed by atoms with E-state index in [1.807, 2.05) is 31.2 Å². The van der Waals surface area contributed by atoms with E-state index >= 15 is 0 Å². The fraction of sp³-hybridized carbons (Fsp3) is 0.300. The van der Waals surface area contributed by atoms with Crippen LogP contribution in [0.5, 0.6) is 5.75 Å². The third-order valence-corrected chi connectivity index (χ3v) is 4.18. The lowest BCUT2D eigenvalue weighted by Crippen LogP contribution is -2.31. The molecule has 0 fully saturated rings. The molecule has 0 aliphatic carbocycles. The molecular formula is C20H23ClN2O3. The van der Waals surface area contributed by atoms with Crippen molar-refractivity contribution in [2.24, 2.45) is 0 Å². The Morgan fingerprint density at radius 2 is 1.96 bits per heavy atom. The van der Waals surface area contributed by atoms with E-state index in [4.69, 9.17) is 16.3 Å². The lowest BCUT2D eigenvalue weighted by Gasteiger charge is -2.21. The van der Waals surface area contributed by atoms with E-state index < -0.39 is 0 Å². The Hall–Kier alpha value is -2.53. The van der Waals surface area contributed by atoms with Crippen molar-refractivity contribution in [1.82, 2.24) is 4.90 Å². The van der Waals surface area contributed by atoms with Gasteiger partial charge >= 0.3 is 0 Å². The zero-order valence-electron chi connectivity index (χ0n) is 15.2. The van der Waals surface area contributed by atoms with Gasteiger partial charge in [-0.15, -0.1) is 0 Å². The first-order valence-electron chi connectivity index (χ1n) is 8.33. The number of anilines is 1. The van der Waals surface area contributed by atoms with E-state index in [1.54, 1.807) is 23.1 Å².